The van der Waals surface area contributed by atoms with Crippen LogP contribution in [-0.2, 0) is 11.2 Å². The summed E-state index contributed by atoms with van der Waals surface area (Å²) in [5.41, 5.74) is 3.44. The van der Waals surface area contributed by atoms with Crippen LogP contribution in [0.1, 0.15) is 4.88 Å². The lowest BCUT2D eigenvalue weighted by Gasteiger charge is -2.09. The van der Waals surface area contributed by atoms with Gasteiger partial charge in [-0.25, -0.2) is 18.9 Å². The quantitative estimate of drug-likeness (QED) is 0.350. The number of hydrogen-bond acceptors (Lipinski definition) is 5. The summed E-state index contributed by atoms with van der Waals surface area (Å²) in [6.07, 6.45) is 3.57. The van der Waals surface area contributed by atoms with Crippen molar-refractivity contribution in [1.82, 2.24) is 19.6 Å². The number of nitrogens with zero attached hydrogens (tertiary/aromatic N) is 4. The first kappa shape index (κ1) is 20.3. The largest absolute Gasteiger partial charge is 0.323 e. The predicted octanol–water partition coefficient (Wildman–Crippen LogP) is 5.49. The van der Waals surface area contributed by atoms with Crippen molar-refractivity contribution < 1.29 is 9.18 Å². The molecule has 32 heavy (non-hydrogen) atoms. The minimum atomic E-state index is -0.524. The Bertz CT molecular complexity index is 1430. The van der Waals surface area contributed by atoms with E-state index in [9.17, 15) is 9.18 Å². The summed E-state index contributed by atoms with van der Waals surface area (Å²) >= 11 is 7.51. The predicted molar refractivity (Wildman–Crippen MR) is 123 cm³/mol. The van der Waals surface area contributed by atoms with Gasteiger partial charge in [0.2, 0.25) is 11.2 Å². The molecule has 158 valence electrons. The lowest BCUT2D eigenvalue weighted by atomic mass is 10.0. The molecule has 1 N–H and O–H groups in total. The Labute approximate surface area is 191 Å². The van der Waals surface area contributed by atoms with E-state index < -0.39 is 5.82 Å². The van der Waals surface area contributed by atoms with Gasteiger partial charge < -0.3 is 5.32 Å². The number of carbonyl (C=O) groups is 1. The number of pyridine rings is 1. The Morgan fingerprint density at radius 2 is 2.06 bits per heavy atom. The normalized spacial score (nSPS) is 11.1. The standard InChI is InChI=1S/C23H15ClFN5OS/c24-23-26-9-8-17(28-23)21-19-5-1-2-10-30(19)29-22(21)14-6-7-16(25)18(12-14)27-20(31)13-15-4-3-11-32-15/h1-12H,13H2,(H,27,31). The maximum absolute atomic E-state index is 14.5. The van der Waals surface area contributed by atoms with E-state index in [1.54, 1.807) is 28.9 Å². The third kappa shape index (κ3) is 3.98. The van der Waals surface area contributed by atoms with E-state index in [2.05, 4.69) is 20.4 Å². The Hall–Kier alpha value is -3.62. The molecule has 0 bridgehead atoms. The third-order valence-corrected chi connectivity index (χ3v) is 5.91. The van der Waals surface area contributed by atoms with E-state index >= 15 is 0 Å². The van der Waals surface area contributed by atoms with Crippen molar-refractivity contribution >= 4 is 40.0 Å². The van der Waals surface area contributed by atoms with Crippen LogP contribution < -0.4 is 5.32 Å². The second-order valence-electron chi connectivity index (χ2n) is 6.96. The number of aromatic nitrogens is 4. The second-order valence-corrected chi connectivity index (χ2v) is 8.33. The SMILES string of the molecule is O=C(Cc1cccs1)Nc1cc(-c2nn3ccccc3c2-c2ccnc(Cl)n2)ccc1F. The van der Waals surface area contributed by atoms with Gasteiger partial charge in [-0.15, -0.1) is 11.3 Å². The summed E-state index contributed by atoms with van der Waals surface area (Å²) in [7, 11) is 0. The molecule has 0 atom stereocenters. The number of anilines is 1. The fourth-order valence-electron chi connectivity index (χ4n) is 3.46. The Morgan fingerprint density at radius 1 is 1.16 bits per heavy atom. The van der Waals surface area contributed by atoms with E-state index in [1.807, 2.05) is 41.9 Å². The van der Waals surface area contributed by atoms with Crippen LogP contribution >= 0.6 is 22.9 Å². The number of benzene rings is 1. The van der Waals surface area contributed by atoms with E-state index in [1.165, 1.54) is 17.4 Å². The van der Waals surface area contributed by atoms with Gasteiger partial charge in [-0.05, 0) is 59.4 Å². The van der Waals surface area contributed by atoms with Crippen molar-refractivity contribution in [2.45, 2.75) is 6.42 Å². The fourth-order valence-corrected chi connectivity index (χ4v) is 4.31. The zero-order valence-corrected chi connectivity index (χ0v) is 18.1. The smallest absolute Gasteiger partial charge is 0.229 e. The molecule has 0 aliphatic heterocycles. The number of hydrogen-bond donors (Lipinski definition) is 1. The van der Waals surface area contributed by atoms with Crippen molar-refractivity contribution in [3.8, 4) is 22.5 Å². The zero-order valence-electron chi connectivity index (χ0n) is 16.5. The van der Waals surface area contributed by atoms with Crippen LogP contribution in [0.15, 0.2) is 72.4 Å². The summed E-state index contributed by atoms with van der Waals surface area (Å²) in [4.78, 5) is 21.6. The molecule has 0 aliphatic rings. The van der Waals surface area contributed by atoms with Crippen LogP contribution in [0, 0.1) is 5.82 Å². The summed E-state index contributed by atoms with van der Waals surface area (Å²) < 4.78 is 16.3. The Kier molecular flexibility index (Phi) is 5.38. The maximum Gasteiger partial charge on any atom is 0.229 e. The second kappa shape index (κ2) is 8.49. The number of thiophene rings is 1. The number of fused-ring (bicyclic) bond motifs is 1. The molecule has 6 nitrogen and oxygen atoms in total. The van der Waals surface area contributed by atoms with Gasteiger partial charge >= 0.3 is 0 Å². The van der Waals surface area contributed by atoms with Gasteiger partial charge in [0.25, 0.3) is 0 Å². The molecule has 5 rings (SSSR count). The molecule has 4 aromatic heterocycles. The summed E-state index contributed by atoms with van der Waals surface area (Å²) in [6.45, 7) is 0. The zero-order chi connectivity index (χ0) is 22.1. The minimum absolute atomic E-state index is 0.0905. The van der Waals surface area contributed by atoms with Gasteiger partial charge in [-0.1, -0.05) is 12.1 Å². The average Bonchev–Trinajstić information content (AvgIpc) is 3.43. The van der Waals surface area contributed by atoms with Gasteiger partial charge in [0.15, 0.2) is 0 Å². The minimum Gasteiger partial charge on any atom is -0.323 e. The maximum atomic E-state index is 14.5. The van der Waals surface area contributed by atoms with Crippen molar-refractivity contribution in [3.05, 3.63) is 88.3 Å². The van der Waals surface area contributed by atoms with E-state index in [0.29, 0.717) is 17.0 Å². The number of halogens is 2. The highest BCUT2D eigenvalue weighted by atomic mass is 35.5. The van der Waals surface area contributed by atoms with Crippen molar-refractivity contribution in [2.24, 2.45) is 0 Å². The van der Waals surface area contributed by atoms with E-state index in [4.69, 9.17) is 11.6 Å². The van der Waals surface area contributed by atoms with Gasteiger partial charge in [0, 0.05) is 22.8 Å². The van der Waals surface area contributed by atoms with E-state index in [-0.39, 0.29) is 23.3 Å². The lowest BCUT2D eigenvalue weighted by molar-refractivity contribution is -0.115. The van der Waals surface area contributed by atoms with Crippen LogP contribution in [0.4, 0.5) is 10.1 Å². The van der Waals surface area contributed by atoms with Crippen LogP contribution in [0.2, 0.25) is 5.28 Å². The summed E-state index contributed by atoms with van der Waals surface area (Å²) in [6, 6.07) is 15.7. The van der Waals surface area contributed by atoms with Crippen LogP contribution in [0.3, 0.4) is 0 Å². The first-order valence-electron chi connectivity index (χ1n) is 9.67. The van der Waals surface area contributed by atoms with Crippen LogP contribution in [0.5, 0.6) is 0 Å². The lowest BCUT2D eigenvalue weighted by Crippen LogP contribution is -2.14. The van der Waals surface area contributed by atoms with Crippen molar-refractivity contribution in [3.63, 3.8) is 0 Å². The molecular formula is C23H15ClFN5OS. The molecule has 1 aromatic carbocycles. The van der Waals surface area contributed by atoms with Gasteiger partial charge in [0.1, 0.15) is 11.5 Å². The Morgan fingerprint density at radius 3 is 2.88 bits per heavy atom. The fraction of sp³-hybridized carbons (Fsp3) is 0.0435. The molecule has 0 saturated heterocycles. The van der Waals surface area contributed by atoms with Gasteiger partial charge in [-0.3, -0.25) is 4.79 Å². The van der Waals surface area contributed by atoms with Crippen molar-refractivity contribution in [2.75, 3.05) is 5.32 Å². The molecule has 0 radical (unpaired) electrons. The number of rotatable bonds is 5. The van der Waals surface area contributed by atoms with E-state index in [0.717, 1.165) is 16.0 Å². The molecular weight excluding hydrogens is 449 g/mol. The molecule has 9 heteroatoms. The monoisotopic (exact) mass is 463 g/mol. The highest BCUT2D eigenvalue weighted by molar-refractivity contribution is 7.10. The molecule has 0 aliphatic carbocycles. The first-order chi connectivity index (χ1) is 15.6. The summed E-state index contributed by atoms with van der Waals surface area (Å²) in [5.74, 6) is -0.815. The molecule has 5 aromatic rings. The topological polar surface area (TPSA) is 72.2 Å². The van der Waals surface area contributed by atoms with Crippen LogP contribution in [0.25, 0.3) is 28.0 Å². The average molecular weight is 464 g/mol. The molecule has 0 fully saturated rings. The molecule has 1 amide bonds. The molecule has 0 spiro atoms. The van der Waals surface area contributed by atoms with Gasteiger partial charge in [-0.2, -0.15) is 5.10 Å². The first-order valence-corrected chi connectivity index (χ1v) is 10.9. The highest BCUT2D eigenvalue weighted by Gasteiger charge is 2.19. The number of carbonyl (C=O) groups excluding carboxylic acids is 1. The Balaban J connectivity index is 1.58. The highest BCUT2D eigenvalue weighted by Crippen LogP contribution is 2.35. The summed E-state index contributed by atoms with van der Waals surface area (Å²) in [5, 5.41) is 9.36. The molecule has 0 saturated carbocycles. The number of amides is 1. The third-order valence-electron chi connectivity index (χ3n) is 4.85. The van der Waals surface area contributed by atoms with Crippen molar-refractivity contribution in [1.29, 1.82) is 0 Å². The molecule has 4 heterocycles. The van der Waals surface area contributed by atoms with Crippen LogP contribution in [-0.4, -0.2) is 25.5 Å². The molecule has 0 unspecified atom stereocenters. The number of nitrogens with one attached hydrogen (secondary N) is 1. The van der Waals surface area contributed by atoms with Gasteiger partial charge in [0.05, 0.1) is 28.9 Å².